The van der Waals surface area contributed by atoms with Crippen LogP contribution in [-0.2, 0) is 6.42 Å². The third-order valence-electron chi connectivity index (χ3n) is 3.72. The number of aromatic nitrogens is 3. The molecule has 0 aliphatic heterocycles. The van der Waals surface area contributed by atoms with Gasteiger partial charge >= 0.3 is 0 Å². The summed E-state index contributed by atoms with van der Waals surface area (Å²) in [4.78, 5) is 15.9. The molecule has 0 aliphatic carbocycles. The van der Waals surface area contributed by atoms with Crippen LogP contribution in [0.5, 0.6) is 0 Å². The lowest BCUT2D eigenvalue weighted by Gasteiger charge is -2.08. The number of hydrogen-bond donors (Lipinski definition) is 2. The number of rotatable bonds is 6. The summed E-state index contributed by atoms with van der Waals surface area (Å²) >= 11 is 0. The van der Waals surface area contributed by atoms with E-state index in [1.165, 1.54) is 12.5 Å². The van der Waals surface area contributed by atoms with Crippen molar-refractivity contribution in [2.45, 2.75) is 20.3 Å². The molecule has 0 bridgehead atoms. The van der Waals surface area contributed by atoms with Crippen LogP contribution in [0.4, 0.5) is 23.1 Å². The molecule has 2 aromatic carbocycles. The maximum Gasteiger partial charge on any atom is 0.249 e. The van der Waals surface area contributed by atoms with Crippen LogP contribution in [0.2, 0.25) is 0 Å². The maximum atomic E-state index is 11.5. The number of anilines is 4. The molecule has 0 radical (unpaired) electrons. The third kappa shape index (κ3) is 4.38. The van der Waals surface area contributed by atoms with Crippen molar-refractivity contribution in [3.8, 4) is 0 Å². The highest BCUT2D eigenvalue weighted by Gasteiger charge is 2.04. The fourth-order valence-corrected chi connectivity index (χ4v) is 2.33. The maximum absolute atomic E-state index is 11.5. The summed E-state index contributed by atoms with van der Waals surface area (Å²) in [6.07, 6.45) is 2.56. The predicted molar refractivity (Wildman–Crippen MR) is 98.7 cm³/mol. The molecule has 3 rings (SSSR count). The smallest absolute Gasteiger partial charge is 0.249 e. The molecule has 0 atom stereocenters. The molecule has 0 spiro atoms. The van der Waals surface area contributed by atoms with E-state index >= 15 is 0 Å². The number of nitrogens with one attached hydrogen (secondary N) is 2. The lowest BCUT2D eigenvalue weighted by Crippen LogP contribution is -2.03. The van der Waals surface area contributed by atoms with Gasteiger partial charge in [0.15, 0.2) is 11.6 Å². The van der Waals surface area contributed by atoms with Crippen molar-refractivity contribution in [3.63, 3.8) is 0 Å². The number of aryl methyl sites for hydroxylation is 1. The molecule has 1 heterocycles. The van der Waals surface area contributed by atoms with Crippen LogP contribution in [0.15, 0.2) is 54.7 Å². The third-order valence-corrected chi connectivity index (χ3v) is 3.72. The molecule has 6 heteroatoms. The van der Waals surface area contributed by atoms with Gasteiger partial charge in [-0.05, 0) is 43.2 Å². The number of Topliss-reactive ketones (excluding diaryl/α,β-unsaturated/α-hetero) is 1. The molecule has 0 unspecified atom stereocenters. The van der Waals surface area contributed by atoms with E-state index in [1.54, 1.807) is 18.3 Å². The van der Waals surface area contributed by atoms with E-state index in [0.717, 1.165) is 17.8 Å². The lowest BCUT2D eigenvalue weighted by molar-refractivity contribution is 0.101. The second-order valence-corrected chi connectivity index (χ2v) is 5.60. The van der Waals surface area contributed by atoms with Crippen molar-refractivity contribution in [1.82, 2.24) is 15.2 Å². The van der Waals surface area contributed by atoms with E-state index in [1.807, 2.05) is 24.3 Å². The Bertz CT molecular complexity index is 877. The molecule has 0 saturated heterocycles. The lowest BCUT2D eigenvalue weighted by atomic mass is 10.1. The molecule has 0 aliphatic rings. The zero-order valence-electron chi connectivity index (χ0n) is 14.2. The van der Waals surface area contributed by atoms with Crippen molar-refractivity contribution in [1.29, 1.82) is 0 Å². The summed E-state index contributed by atoms with van der Waals surface area (Å²) in [5.41, 5.74) is 3.57. The Morgan fingerprint density at radius 1 is 1.04 bits per heavy atom. The van der Waals surface area contributed by atoms with Gasteiger partial charge in [0, 0.05) is 16.9 Å². The van der Waals surface area contributed by atoms with Crippen molar-refractivity contribution in [2.24, 2.45) is 0 Å². The van der Waals surface area contributed by atoms with Gasteiger partial charge in [-0.15, -0.1) is 5.10 Å². The van der Waals surface area contributed by atoms with Gasteiger partial charge < -0.3 is 10.6 Å². The topological polar surface area (TPSA) is 79.8 Å². The average molecular weight is 333 g/mol. The van der Waals surface area contributed by atoms with Gasteiger partial charge in [0.1, 0.15) is 0 Å². The van der Waals surface area contributed by atoms with E-state index < -0.39 is 0 Å². The van der Waals surface area contributed by atoms with Crippen LogP contribution in [0.25, 0.3) is 0 Å². The normalized spacial score (nSPS) is 10.3. The van der Waals surface area contributed by atoms with E-state index in [-0.39, 0.29) is 5.78 Å². The van der Waals surface area contributed by atoms with Crippen LogP contribution < -0.4 is 10.6 Å². The summed E-state index contributed by atoms with van der Waals surface area (Å²) in [7, 11) is 0. The summed E-state index contributed by atoms with van der Waals surface area (Å²) < 4.78 is 0. The summed E-state index contributed by atoms with van der Waals surface area (Å²) in [6.45, 7) is 3.65. The minimum Gasteiger partial charge on any atom is -0.339 e. The summed E-state index contributed by atoms with van der Waals surface area (Å²) in [6, 6.07) is 15.3. The van der Waals surface area contributed by atoms with Gasteiger partial charge in [0.05, 0.1) is 6.20 Å². The number of nitrogens with zero attached hydrogens (tertiary/aromatic N) is 3. The van der Waals surface area contributed by atoms with Gasteiger partial charge in [-0.25, -0.2) is 0 Å². The Labute approximate surface area is 146 Å². The average Bonchev–Trinajstić information content (AvgIpc) is 2.63. The van der Waals surface area contributed by atoms with E-state index in [9.17, 15) is 4.79 Å². The molecule has 25 heavy (non-hydrogen) atoms. The predicted octanol–water partition coefficient (Wildman–Crippen LogP) is 4.12. The first-order valence-corrected chi connectivity index (χ1v) is 8.08. The van der Waals surface area contributed by atoms with Gasteiger partial charge in [-0.2, -0.15) is 10.1 Å². The largest absolute Gasteiger partial charge is 0.339 e. The Morgan fingerprint density at radius 2 is 1.84 bits per heavy atom. The van der Waals surface area contributed by atoms with Crippen molar-refractivity contribution in [3.05, 3.63) is 65.9 Å². The van der Waals surface area contributed by atoms with Crippen LogP contribution in [-0.4, -0.2) is 21.0 Å². The fourth-order valence-electron chi connectivity index (χ4n) is 2.33. The second-order valence-electron chi connectivity index (χ2n) is 5.60. The van der Waals surface area contributed by atoms with Gasteiger partial charge in [-0.3, -0.25) is 4.79 Å². The van der Waals surface area contributed by atoms with E-state index in [4.69, 9.17) is 0 Å². The minimum absolute atomic E-state index is 0.00800. The monoisotopic (exact) mass is 333 g/mol. The molecule has 0 saturated carbocycles. The van der Waals surface area contributed by atoms with Crippen molar-refractivity contribution in [2.75, 3.05) is 10.6 Å². The molecule has 2 N–H and O–H groups in total. The Balaban J connectivity index is 1.74. The molecule has 0 fully saturated rings. The SMILES string of the molecule is CCc1ccc(Nc2cnnc(Nc3cccc(C(C)=O)c3)n2)cc1. The van der Waals surface area contributed by atoms with Gasteiger partial charge in [0.25, 0.3) is 0 Å². The molecular weight excluding hydrogens is 314 g/mol. The Hall–Kier alpha value is -3.28. The standard InChI is InChI=1S/C19H19N5O/c1-3-14-7-9-16(10-8-14)21-18-12-20-24-19(23-18)22-17-6-4-5-15(11-17)13(2)25/h4-12H,3H2,1-2H3,(H2,21,22,23,24). The van der Waals surface area contributed by atoms with Crippen molar-refractivity contribution < 1.29 is 4.79 Å². The first-order valence-electron chi connectivity index (χ1n) is 8.08. The number of ketones is 1. The summed E-state index contributed by atoms with van der Waals surface area (Å²) in [5, 5.41) is 14.2. The fraction of sp³-hybridized carbons (Fsp3) is 0.158. The van der Waals surface area contributed by atoms with Crippen LogP contribution in [0.1, 0.15) is 29.8 Å². The van der Waals surface area contributed by atoms with Crippen LogP contribution in [0.3, 0.4) is 0 Å². The molecule has 3 aromatic rings. The van der Waals surface area contributed by atoms with E-state index in [2.05, 4.69) is 44.9 Å². The zero-order valence-corrected chi connectivity index (χ0v) is 14.2. The highest BCUT2D eigenvalue weighted by atomic mass is 16.1. The Kier molecular flexibility index (Phi) is 4.99. The molecule has 0 amide bonds. The number of hydrogen-bond acceptors (Lipinski definition) is 6. The first kappa shape index (κ1) is 16.6. The second kappa shape index (κ2) is 7.53. The molecular formula is C19H19N5O. The first-order chi connectivity index (χ1) is 12.1. The Morgan fingerprint density at radius 3 is 2.56 bits per heavy atom. The van der Waals surface area contributed by atoms with Gasteiger partial charge in [0.2, 0.25) is 5.95 Å². The minimum atomic E-state index is 0.00800. The van der Waals surface area contributed by atoms with Crippen LogP contribution in [0, 0.1) is 0 Å². The highest BCUT2D eigenvalue weighted by molar-refractivity contribution is 5.95. The van der Waals surface area contributed by atoms with Crippen LogP contribution >= 0.6 is 0 Å². The molecule has 126 valence electrons. The molecule has 6 nitrogen and oxygen atoms in total. The highest BCUT2D eigenvalue weighted by Crippen LogP contribution is 2.18. The van der Waals surface area contributed by atoms with Crippen molar-refractivity contribution >= 4 is 28.9 Å². The van der Waals surface area contributed by atoms with Gasteiger partial charge in [-0.1, -0.05) is 31.2 Å². The number of carbonyl (C=O) groups is 1. The zero-order chi connectivity index (χ0) is 17.6. The number of benzene rings is 2. The summed E-state index contributed by atoms with van der Waals surface area (Å²) in [5.74, 6) is 0.953. The quantitative estimate of drug-likeness (QED) is 0.660. The number of carbonyl (C=O) groups excluding carboxylic acids is 1. The molecule has 1 aromatic heterocycles. The van der Waals surface area contributed by atoms with E-state index in [0.29, 0.717) is 17.3 Å².